The van der Waals surface area contributed by atoms with Gasteiger partial charge in [0, 0.05) is 23.5 Å². The molecule has 0 unspecified atom stereocenters. The zero-order chi connectivity index (χ0) is 22.8. The predicted octanol–water partition coefficient (Wildman–Crippen LogP) is 4.16. The van der Waals surface area contributed by atoms with Crippen molar-refractivity contribution in [3.63, 3.8) is 0 Å². The van der Waals surface area contributed by atoms with Gasteiger partial charge in [-0.2, -0.15) is 0 Å². The Morgan fingerprint density at radius 1 is 1.18 bits per heavy atom. The van der Waals surface area contributed by atoms with Gasteiger partial charge in [0.1, 0.15) is 24.7 Å². The molecule has 2 aliphatic rings. The predicted molar refractivity (Wildman–Crippen MR) is 124 cm³/mol. The van der Waals surface area contributed by atoms with E-state index in [0.29, 0.717) is 18.9 Å². The lowest BCUT2D eigenvalue weighted by molar-refractivity contribution is -0.135. The average Bonchev–Trinajstić information content (AvgIpc) is 3.32. The molecule has 172 valence electrons. The molecule has 0 spiro atoms. The largest absolute Gasteiger partial charge is 0.497 e. The summed E-state index contributed by atoms with van der Waals surface area (Å²) in [5.41, 5.74) is 1.12. The van der Waals surface area contributed by atoms with Crippen molar-refractivity contribution in [2.45, 2.75) is 31.3 Å². The lowest BCUT2D eigenvalue weighted by Gasteiger charge is -2.37. The lowest BCUT2D eigenvalue weighted by Crippen LogP contribution is -2.48. The quantitative estimate of drug-likeness (QED) is 0.499. The summed E-state index contributed by atoms with van der Waals surface area (Å²) >= 11 is 1.71. The Balaban J connectivity index is 1.33. The molecule has 2 aromatic heterocycles. The minimum Gasteiger partial charge on any atom is -0.497 e. The standard InChI is InChI=1S/C25H26N2O5S/c1-30-18-4-2-5-19(14-18)32-16-21-20-10-13-33-23(20)9-11-26(21)24(28)15-27(17-7-8-17)25(29)22-6-3-12-31-22/h2-6,10,12-14,17,21H,7-9,11,15-16H2,1H3/t21-/m1/s1. The number of ether oxygens (including phenoxy) is 2. The lowest BCUT2D eigenvalue weighted by atomic mass is 10.0. The maximum absolute atomic E-state index is 13.5. The second-order valence-corrected chi connectivity index (χ2v) is 9.28. The van der Waals surface area contributed by atoms with Crippen molar-refractivity contribution in [2.24, 2.45) is 0 Å². The van der Waals surface area contributed by atoms with Crippen molar-refractivity contribution >= 4 is 23.2 Å². The minimum atomic E-state index is -0.228. The zero-order valence-electron chi connectivity index (χ0n) is 18.4. The molecule has 0 N–H and O–H groups in total. The van der Waals surface area contributed by atoms with Crippen LogP contribution in [0.4, 0.5) is 0 Å². The van der Waals surface area contributed by atoms with Gasteiger partial charge in [-0.3, -0.25) is 9.59 Å². The third kappa shape index (κ3) is 4.61. The number of methoxy groups -OCH3 is 1. The number of nitrogens with zero attached hydrogens (tertiary/aromatic N) is 2. The Bertz CT molecular complexity index is 1120. The third-order valence-electron chi connectivity index (χ3n) is 6.15. The van der Waals surface area contributed by atoms with Crippen molar-refractivity contribution < 1.29 is 23.5 Å². The van der Waals surface area contributed by atoms with Crippen molar-refractivity contribution in [2.75, 3.05) is 26.8 Å². The Morgan fingerprint density at radius 3 is 2.79 bits per heavy atom. The Hall–Kier alpha value is -3.26. The highest BCUT2D eigenvalue weighted by atomic mass is 32.1. The summed E-state index contributed by atoms with van der Waals surface area (Å²) < 4.78 is 16.7. The van der Waals surface area contributed by atoms with Crippen LogP contribution < -0.4 is 9.47 Å². The highest BCUT2D eigenvalue weighted by molar-refractivity contribution is 7.10. The fourth-order valence-corrected chi connectivity index (χ4v) is 5.20. The highest BCUT2D eigenvalue weighted by Crippen LogP contribution is 2.35. The van der Waals surface area contributed by atoms with Crippen LogP contribution in [-0.2, 0) is 11.2 Å². The molecular formula is C25H26N2O5S. The molecular weight excluding hydrogens is 440 g/mol. The monoisotopic (exact) mass is 466 g/mol. The normalized spacial score (nSPS) is 17.4. The first-order chi connectivity index (χ1) is 16.1. The first kappa shape index (κ1) is 21.6. The molecule has 2 amide bonds. The van der Waals surface area contributed by atoms with E-state index in [1.54, 1.807) is 35.5 Å². The topological polar surface area (TPSA) is 72.2 Å². The number of thiophene rings is 1. The third-order valence-corrected chi connectivity index (χ3v) is 7.15. The van der Waals surface area contributed by atoms with Gasteiger partial charge in [-0.1, -0.05) is 6.07 Å². The number of hydrogen-bond acceptors (Lipinski definition) is 6. The van der Waals surface area contributed by atoms with Crippen LogP contribution in [0.2, 0.25) is 0 Å². The molecule has 7 nitrogen and oxygen atoms in total. The van der Waals surface area contributed by atoms with Crippen LogP contribution in [0, 0.1) is 0 Å². The van der Waals surface area contributed by atoms with E-state index in [4.69, 9.17) is 13.9 Å². The summed E-state index contributed by atoms with van der Waals surface area (Å²) in [6.45, 7) is 0.976. The maximum Gasteiger partial charge on any atom is 0.290 e. The van der Waals surface area contributed by atoms with Crippen molar-refractivity contribution in [3.05, 3.63) is 70.3 Å². The zero-order valence-corrected chi connectivity index (χ0v) is 19.3. The number of rotatable bonds is 8. The number of amides is 2. The summed E-state index contributed by atoms with van der Waals surface area (Å²) in [6.07, 6.45) is 4.12. The number of fused-ring (bicyclic) bond motifs is 1. The van der Waals surface area contributed by atoms with Gasteiger partial charge in [0.15, 0.2) is 5.76 Å². The van der Waals surface area contributed by atoms with E-state index >= 15 is 0 Å². The van der Waals surface area contributed by atoms with E-state index in [1.807, 2.05) is 29.2 Å². The summed E-state index contributed by atoms with van der Waals surface area (Å²) in [5, 5.41) is 2.06. The van der Waals surface area contributed by atoms with Crippen LogP contribution in [0.3, 0.4) is 0 Å². The van der Waals surface area contributed by atoms with Crippen LogP contribution in [0.15, 0.2) is 58.5 Å². The average molecular weight is 467 g/mol. The van der Waals surface area contributed by atoms with E-state index < -0.39 is 0 Å². The number of furan rings is 1. The Morgan fingerprint density at radius 2 is 2.03 bits per heavy atom. The summed E-state index contributed by atoms with van der Waals surface area (Å²) in [6, 6.07) is 12.7. The van der Waals surface area contributed by atoms with Gasteiger partial charge in [-0.05, 0) is 60.5 Å². The van der Waals surface area contributed by atoms with Crippen LogP contribution in [0.5, 0.6) is 11.5 Å². The van der Waals surface area contributed by atoms with Crippen LogP contribution in [0.25, 0.3) is 0 Å². The van der Waals surface area contributed by atoms with E-state index in [2.05, 4.69) is 11.4 Å². The van der Waals surface area contributed by atoms with Crippen molar-refractivity contribution in [1.82, 2.24) is 9.80 Å². The first-order valence-electron chi connectivity index (χ1n) is 11.1. The second kappa shape index (κ2) is 9.31. The molecule has 3 aromatic rings. The van der Waals surface area contributed by atoms with Crippen molar-refractivity contribution in [1.29, 1.82) is 0 Å². The first-order valence-corrected chi connectivity index (χ1v) is 12.0. The molecule has 0 radical (unpaired) electrons. The van der Waals surface area contributed by atoms with Crippen LogP contribution >= 0.6 is 11.3 Å². The van der Waals surface area contributed by atoms with Crippen LogP contribution in [0.1, 0.15) is 39.9 Å². The van der Waals surface area contributed by atoms with Gasteiger partial charge in [0.2, 0.25) is 5.91 Å². The van der Waals surface area contributed by atoms with E-state index in [9.17, 15) is 9.59 Å². The Labute approximate surface area is 196 Å². The molecule has 1 atom stereocenters. The molecule has 0 saturated heterocycles. The second-order valence-electron chi connectivity index (χ2n) is 8.28. The van der Waals surface area contributed by atoms with E-state index in [1.165, 1.54) is 11.1 Å². The minimum absolute atomic E-state index is 0.0410. The fraction of sp³-hybridized carbons (Fsp3) is 0.360. The highest BCUT2D eigenvalue weighted by Gasteiger charge is 2.38. The fourth-order valence-electron chi connectivity index (χ4n) is 4.27. The van der Waals surface area contributed by atoms with Crippen LogP contribution in [-0.4, -0.2) is 54.5 Å². The SMILES string of the molecule is COc1cccc(OC[C@@H]2c3ccsc3CCN2C(=O)CN(C(=O)c2ccco2)C2CC2)c1. The van der Waals surface area contributed by atoms with Gasteiger partial charge in [-0.25, -0.2) is 0 Å². The molecule has 8 heteroatoms. The van der Waals surface area contributed by atoms with E-state index in [0.717, 1.165) is 30.6 Å². The van der Waals surface area contributed by atoms with Gasteiger partial charge in [0.25, 0.3) is 5.91 Å². The van der Waals surface area contributed by atoms with Gasteiger partial charge in [0.05, 0.1) is 19.4 Å². The molecule has 1 saturated carbocycles. The smallest absolute Gasteiger partial charge is 0.290 e. The summed E-state index contributed by atoms with van der Waals surface area (Å²) in [4.78, 5) is 31.2. The maximum atomic E-state index is 13.5. The molecule has 3 heterocycles. The number of carbonyl (C=O) groups excluding carboxylic acids is 2. The summed E-state index contributed by atoms with van der Waals surface area (Å²) in [7, 11) is 1.62. The number of carbonyl (C=O) groups is 2. The molecule has 5 rings (SSSR count). The Kier molecular flexibility index (Phi) is 6.09. The molecule has 1 aliphatic carbocycles. The van der Waals surface area contributed by atoms with Gasteiger partial charge in [-0.15, -0.1) is 11.3 Å². The number of hydrogen-bond donors (Lipinski definition) is 0. The van der Waals surface area contributed by atoms with E-state index in [-0.39, 0.29) is 36.2 Å². The van der Waals surface area contributed by atoms with Crippen molar-refractivity contribution in [3.8, 4) is 11.5 Å². The molecule has 33 heavy (non-hydrogen) atoms. The molecule has 1 aromatic carbocycles. The summed E-state index contributed by atoms with van der Waals surface area (Å²) in [5.74, 6) is 1.38. The van der Waals surface area contributed by atoms with Gasteiger partial charge < -0.3 is 23.7 Å². The van der Waals surface area contributed by atoms with Gasteiger partial charge >= 0.3 is 0 Å². The molecule has 1 fully saturated rings. The molecule has 1 aliphatic heterocycles. The molecule has 0 bridgehead atoms. The number of benzene rings is 1.